The van der Waals surface area contributed by atoms with E-state index in [9.17, 15) is 27.6 Å². The first-order valence-electron chi connectivity index (χ1n) is 20.1. The maximum absolute atomic E-state index is 14.9. The molecule has 14 heteroatoms. The Bertz CT molecular complexity index is 1990. The highest BCUT2D eigenvalue weighted by molar-refractivity contribution is 7.90. The highest BCUT2D eigenvalue weighted by Gasteiger charge is 2.61. The van der Waals surface area contributed by atoms with E-state index in [-0.39, 0.29) is 73.6 Å². The van der Waals surface area contributed by atoms with Gasteiger partial charge in [0.2, 0.25) is 33.6 Å². The largest absolute Gasteiger partial charge is 0.471 e. The Kier molecular flexibility index (Phi) is 10.6. The fraction of sp³-hybridized carbons (Fsp3) is 0.610. The summed E-state index contributed by atoms with van der Waals surface area (Å²) in [6.45, 7) is 5.57. The number of hydrogen-bond acceptors (Lipinski definition) is 10. The number of para-hydroxylation sites is 2. The van der Waals surface area contributed by atoms with Gasteiger partial charge in [0.1, 0.15) is 11.8 Å². The Hall–Kier alpha value is -4.17. The number of fused-ring (bicyclic) bond motifs is 6. The van der Waals surface area contributed by atoms with E-state index in [4.69, 9.17) is 19.4 Å². The number of carbonyl (C=O) groups is 4. The van der Waals surface area contributed by atoms with Gasteiger partial charge in [0.15, 0.2) is 5.78 Å². The third-order valence-electron chi connectivity index (χ3n) is 12.6. The van der Waals surface area contributed by atoms with Crippen LogP contribution in [0.2, 0.25) is 0 Å². The van der Waals surface area contributed by atoms with Crippen molar-refractivity contribution in [3.63, 3.8) is 0 Å². The van der Waals surface area contributed by atoms with E-state index in [0.29, 0.717) is 49.3 Å². The molecule has 3 aliphatic heterocycles. The molecule has 13 nitrogen and oxygen atoms in total. The molecule has 4 heterocycles. The topological polar surface area (TPSA) is 165 Å². The molecular formula is C41H51N5O8S. The van der Waals surface area contributed by atoms with Gasteiger partial charge >= 0.3 is 0 Å². The molecule has 6 aliphatic rings. The molecule has 3 aliphatic carbocycles. The number of nitrogens with one attached hydrogen (secondary N) is 1. The third kappa shape index (κ3) is 7.94. The van der Waals surface area contributed by atoms with E-state index < -0.39 is 44.7 Å². The number of ketones is 1. The second kappa shape index (κ2) is 15.4. The summed E-state index contributed by atoms with van der Waals surface area (Å²) >= 11 is 0. The fourth-order valence-corrected chi connectivity index (χ4v) is 10.6. The highest BCUT2D eigenvalue weighted by Crippen LogP contribution is 2.57. The van der Waals surface area contributed by atoms with Crippen LogP contribution in [0.4, 0.5) is 0 Å². The Labute approximate surface area is 322 Å². The van der Waals surface area contributed by atoms with Crippen LogP contribution in [0.5, 0.6) is 5.88 Å². The molecule has 3 amide bonds. The SMILES string of the molecule is C=C[C@H]1C[C@]1(CC(=O)[C@@H]1C[C@@H]2CN1C(=O)[C@H](C1CCCC1)CC(=O)N1CC[C@@H](C1)OCCC/C=C/c1nc3ccccc3nc1O2)C(=O)NS(=O)(=O)C1CC1. The molecule has 2 aromatic rings. The first-order valence-corrected chi connectivity index (χ1v) is 21.6. The van der Waals surface area contributed by atoms with Gasteiger partial charge < -0.3 is 19.3 Å². The van der Waals surface area contributed by atoms with Gasteiger partial charge in [0.25, 0.3) is 0 Å². The van der Waals surface area contributed by atoms with E-state index in [1.54, 1.807) is 11.0 Å². The smallest absolute Gasteiger partial charge is 0.240 e. The number of aromatic nitrogens is 2. The van der Waals surface area contributed by atoms with Crippen molar-refractivity contribution in [3.05, 3.63) is 48.7 Å². The van der Waals surface area contributed by atoms with E-state index in [2.05, 4.69) is 11.3 Å². The Morgan fingerprint density at radius 2 is 1.76 bits per heavy atom. The lowest BCUT2D eigenvalue weighted by Gasteiger charge is -2.32. The third-order valence-corrected chi connectivity index (χ3v) is 14.5. The zero-order chi connectivity index (χ0) is 38.3. The molecule has 0 radical (unpaired) electrons. The van der Waals surface area contributed by atoms with Crippen LogP contribution in [0.1, 0.15) is 89.2 Å². The van der Waals surface area contributed by atoms with Gasteiger partial charge in [-0.3, -0.25) is 23.9 Å². The Morgan fingerprint density at radius 3 is 2.49 bits per heavy atom. The zero-order valence-corrected chi connectivity index (χ0v) is 32.1. The number of benzene rings is 1. The first kappa shape index (κ1) is 37.7. The number of nitrogens with zero attached hydrogens (tertiary/aromatic N) is 4. The molecule has 3 saturated carbocycles. The molecule has 0 spiro atoms. The second-order valence-electron chi connectivity index (χ2n) is 16.4. The quantitative estimate of drug-likeness (QED) is 0.381. The fourth-order valence-electron chi connectivity index (χ4n) is 9.17. The predicted molar refractivity (Wildman–Crippen MR) is 204 cm³/mol. The van der Waals surface area contributed by atoms with Crippen molar-refractivity contribution in [1.82, 2.24) is 24.5 Å². The standard InChI is InChI=1S/C41H51N5O8S/c1-2-27-22-41(27,40(50)44-55(51,52)30-15-16-30)23-36(47)35-20-29-25-46(35)39(49)31(26-10-5-6-11-26)21-37(48)45-18-17-28(24-45)53-19-9-3-4-14-34-38(54-29)43-33-13-8-7-12-32(33)42-34/h2,4,7-8,12-14,26-31,35H,1,3,5-6,9-11,15-25H2,(H,44,50)/b14-4+/t27-,28-,29+,31-,35-,41+/m0/s1. The van der Waals surface area contributed by atoms with Gasteiger partial charge in [-0.25, -0.2) is 18.4 Å². The normalized spacial score (nSPS) is 31.2. The number of rotatable bonds is 8. The van der Waals surface area contributed by atoms with E-state index in [1.165, 1.54) is 0 Å². The minimum absolute atomic E-state index is 0.00245. The maximum Gasteiger partial charge on any atom is 0.240 e. The summed E-state index contributed by atoms with van der Waals surface area (Å²) in [6.07, 6.45) is 11.9. The lowest BCUT2D eigenvalue weighted by atomic mass is 9.85. The van der Waals surface area contributed by atoms with Crippen molar-refractivity contribution in [2.24, 2.45) is 23.2 Å². The summed E-state index contributed by atoms with van der Waals surface area (Å²) in [4.78, 5) is 70.1. The van der Waals surface area contributed by atoms with Crippen molar-refractivity contribution in [1.29, 1.82) is 0 Å². The van der Waals surface area contributed by atoms with Gasteiger partial charge in [0, 0.05) is 44.9 Å². The number of carbonyl (C=O) groups excluding carboxylic acids is 4. The highest BCUT2D eigenvalue weighted by atomic mass is 32.2. The van der Waals surface area contributed by atoms with Crippen molar-refractivity contribution in [3.8, 4) is 5.88 Å². The monoisotopic (exact) mass is 773 g/mol. The molecule has 8 rings (SSSR count). The molecule has 2 saturated heterocycles. The van der Waals surface area contributed by atoms with Gasteiger partial charge in [-0.15, -0.1) is 6.58 Å². The molecule has 294 valence electrons. The zero-order valence-electron chi connectivity index (χ0n) is 31.3. The molecule has 1 aromatic carbocycles. The van der Waals surface area contributed by atoms with E-state index in [1.807, 2.05) is 41.3 Å². The number of sulfonamides is 1. The average Bonchev–Trinajstić information content (AvgIpc) is 3.94. The van der Waals surface area contributed by atoms with Gasteiger partial charge in [-0.2, -0.15) is 0 Å². The molecule has 5 fully saturated rings. The lowest BCUT2D eigenvalue weighted by molar-refractivity contribution is -0.146. The summed E-state index contributed by atoms with van der Waals surface area (Å²) in [5.74, 6) is -2.09. The van der Waals surface area contributed by atoms with E-state index >= 15 is 0 Å². The molecule has 1 aromatic heterocycles. The summed E-state index contributed by atoms with van der Waals surface area (Å²) in [7, 11) is -3.84. The van der Waals surface area contributed by atoms with Gasteiger partial charge in [0.05, 0.1) is 40.4 Å². The second-order valence-corrected chi connectivity index (χ2v) is 18.4. The van der Waals surface area contributed by atoms with Crippen LogP contribution in [-0.4, -0.2) is 101 Å². The van der Waals surface area contributed by atoms with Crippen molar-refractivity contribution in [2.45, 2.75) is 107 Å². The van der Waals surface area contributed by atoms with Crippen molar-refractivity contribution < 1.29 is 37.1 Å². The summed E-state index contributed by atoms with van der Waals surface area (Å²) < 4.78 is 40.6. The maximum atomic E-state index is 14.9. The van der Waals surface area contributed by atoms with Crippen molar-refractivity contribution >= 4 is 50.6 Å². The number of amides is 3. The van der Waals surface area contributed by atoms with Crippen LogP contribution in [0, 0.1) is 23.2 Å². The number of allylic oxidation sites excluding steroid dienone is 2. The average molecular weight is 774 g/mol. The number of ether oxygens (including phenoxy) is 2. The predicted octanol–water partition coefficient (Wildman–Crippen LogP) is 4.36. The van der Waals surface area contributed by atoms with Crippen LogP contribution >= 0.6 is 0 Å². The molecule has 6 atom stereocenters. The lowest BCUT2D eigenvalue weighted by Crippen LogP contribution is -2.48. The minimum Gasteiger partial charge on any atom is -0.471 e. The molecular weight excluding hydrogens is 723 g/mol. The van der Waals surface area contributed by atoms with E-state index in [0.717, 1.165) is 44.9 Å². The minimum atomic E-state index is -3.84. The molecule has 4 bridgehead atoms. The Balaban J connectivity index is 1.12. The Morgan fingerprint density at radius 1 is 1.00 bits per heavy atom. The molecule has 1 N–H and O–H groups in total. The first-order chi connectivity index (χ1) is 26.5. The van der Waals surface area contributed by atoms with Crippen molar-refractivity contribution in [2.75, 3.05) is 26.2 Å². The van der Waals surface area contributed by atoms with Crippen LogP contribution in [0.15, 0.2) is 43.0 Å². The van der Waals surface area contributed by atoms with Crippen LogP contribution < -0.4 is 9.46 Å². The van der Waals surface area contributed by atoms with Gasteiger partial charge in [-0.1, -0.05) is 37.1 Å². The van der Waals surface area contributed by atoms with Gasteiger partial charge in [-0.05, 0) is 81.4 Å². The molecule has 55 heavy (non-hydrogen) atoms. The summed E-state index contributed by atoms with van der Waals surface area (Å²) in [5.41, 5.74) is 0.612. The molecule has 0 unspecified atom stereocenters. The van der Waals surface area contributed by atoms with Crippen LogP contribution in [0.25, 0.3) is 17.1 Å². The number of Topliss-reactive ketones (excluding diaryl/α,β-unsaturated/α-hetero) is 1. The number of hydrogen-bond donors (Lipinski definition) is 1. The summed E-state index contributed by atoms with van der Waals surface area (Å²) in [5, 5.41) is -0.596. The van der Waals surface area contributed by atoms with Crippen LogP contribution in [-0.2, 0) is 33.9 Å². The summed E-state index contributed by atoms with van der Waals surface area (Å²) in [6, 6.07) is 6.55. The van der Waals surface area contributed by atoms with Crippen LogP contribution in [0.3, 0.4) is 0 Å².